The van der Waals surface area contributed by atoms with E-state index < -0.39 is 0 Å². The van der Waals surface area contributed by atoms with Crippen molar-refractivity contribution in [3.63, 3.8) is 0 Å². The Morgan fingerprint density at radius 1 is 1.25 bits per heavy atom. The Balaban J connectivity index is 1.95. The van der Waals surface area contributed by atoms with Crippen molar-refractivity contribution in [1.82, 2.24) is 0 Å². The Morgan fingerprint density at radius 3 is 2.33 bits per heavy atom. The highest BCUT2D eigenvalue weighted by Crippen LogP contribution is 2.76. The lowest BCUT2D eigenvalue weighted by molar-refractivity contribution is 0.316. The standard InChI is InChI=1S/C9H10OS2/c10-5-7-11-8-3-1-2-4-9(8,6-8)12-7/h1-4,7,10H,5-6H2. The first kappa shape index (κ1) is 7.54. The van der Waals surface area contributed by atoms with Crippen molar-refractivity contribution in [1.29, 1.82) is 0 Å². The number of aliphatic hydroxyl groups is 1. The van der Waals surface area contributed by atoms with Gasteiger partial charge in [0, 0.05) is 0 Å². The lowest BCUT2D eigenvalue weighted by atomic mass is 10.2. The third-order valence-electron chi connectivity index (χ3n) is 2.79. The van der Waals surface area contributed by atoms with Gasteiger partial charge in [-0.25, -0.2) is 0 Å². The highest BCUT2D eigenvalue weighted by Gasteiger charge is 2.71. The molecule has 0 amide bonds. The molecule has 3 heteroatoms. The van der Waals surface area contributed by atoms with Crippen molar-refractivity contribution in [2.45, 2.75) is 20.5 Å². The summed E-state index contributed by atoms with van der Waals surface area (Å²) in [6.45, 7) is 0.306. The van der Waals surface area contributed by atoms with Gasteiger partial charge in [-0.05, 0) is 6.42 Å². The molecule has 0 bridgehead atoms. The molecule has 0 aromatic carbocycles. The Labute approximate surface area is 80.3 Å². The van der Waals surface area contributed by atoms with Crippen LogP contribution in [-0.4, -0.2) is 25.8 Å². The number of hydrogen-bond donors (Lipinski definition) is 1. The molecule has 1 aliphatic heterocycles. The van der Waals surface area contributed by atoms with E-state index in [2.05, 4.69) is 24.3 Å². The molecule has 1 N–H and O–H groups in total. The summed E-state index contributed by atoms with van der Waals surface area (Å²) in [5.41, 5.74) is 0. The van der Waals surface area contributed by atoms with Crippen molar-refractivity contribution in [3.05, 3.63) is 24.3 Å². The minimum Gasteiger partial charge on any atom is -0.394 e. The molecule has 0 spiro atoms. The first-order chi connectivity index (χ1) is 5.80. The maximum absolute atomic E-state index is 9.05. The van der Waals surface area contributed by atoms with Crippen molar-refractivity contribution < 1.29 is 5.11 Å². The summed E-state index contributed by atoms with van der Waals surface area (Å²) < 4.78 is 1.12. The third kappa shape index (κ3) is 0.727. The van der Waals surface area contributed by atoms with E-state index >= 15 is 0 Å². The molecule has 3 rings (SSSR count). The summed E-state index contributed by atoms with van der Waals surface area (Å²) in [6, 6.07) is 0. The normalized spacial score (nSPS) is 53.6. The molecule has 64 valence electrons. The number of hydrogen-bond acceptors (Lipinski definition) is 3. The molecule has 1 saturated carbocycles. The minimum absolute atomic E-state index is 0.306. The van der Waals surface area contributed by atoms with Gasteiger partial charge in [0.2, 0.25) is 0 Å². The Morgan fingerprint density at radius 2 is 1.83 bits per heavy atom. The van der Waals surface area contributed by atoms with E-state index in [1.165, 1.54) is 6.42 Å². The van der Waals surface area contributed by atoms with E-state index in [4.69, 9.17) is 5.11 Å². The number of aliphatic hydroxyl groups excluding tert-OH is 1. The summed E-state index contributed by atoms with van der Waals surface area (Å²) in [5.74, 6) is 0. The average Bonchev–Trinajstić information content (AvgIpc) is 2.62. The second-order valence-corrected chi connectivity index (χ2v) is 6.89. The van der Waals surface area contributed by atoms with Gasteiger partial charge in [0.15, 0.2) is 0 Å². The average molecular weight is 198 g/mol. The highest BCUT2D eigenvalue weighted by molar-refractivity contribution is 8.23. The number of rotatable bonds is 1. The topological polar surface area (TPSA) is 20.2 Å². The van der Waals surface area contributed by atoms with Crippen LogP contribution in [-0.2, 0) is 0 Å². The van der Waals surface area contributed by atoms with Crippen LogP contribution in [0.4, 0.5) is 0 Å². The molecule has 2 aliphatic carbocycles. The molecule has 0 aromatic heterocycles. The van der Waals surface area contributed by atoms with Gasteiger partial charge in [-0.3, -0.25) is 0 Å². The molecular formula is C9H10OS2. The molecule has 2 atom stereocenters. The summed E-state index contributed by atoms with van der Waals surface area (Å²) in [7, 11) is 0. The van der Waals surface area contributed by atoms with Crippen LogP contribution in [0.3, 0.4) is 0 Å². The largest absolute Gasteiger partial charge is 0.394 e. The zero-order valence-corrected chi connectivity index (χ0v) is 8.20. The van der Waals surface area contributed by atoms with E-state index in [1.54, 1.807) is 0 Å². The predicted octanol–water partition coefficient (Wildman–Crippen LogP) is 1.79. The molecule has 1 nitrogen and oxygen atoms in total. The van der Waals surface area contributed by atoms with E-state index in [0.717, 1.165) is 0 Å². The van der Waals surface area contributed by atoms with Gasteiger partial charge in [0.1, 0.15) is 0 Å². The van der Waals surface area contributed by atoms with Gasteiger partial charge in [0.25, 0.3) is 0 Å². The monoisotopic (exact) mass is 198 g/mol. The summed E-state index contributed by atoms with van der Waals surface area (Å²) >= 11 is 3.87. The fraction of sp³-hybridized carbons (Fsp3) is 0.556. The molecule has 2 fully saturated rings. The van der Waals surface area contributed by atoms with Crippen molar-refractivity contribution in [2.24, 2.45) is 0 Å². The molecule has 3 aliphatic rings. The van der Waals surface area contributed by atoms with Crippen LogP contribution in [0.25, 0.3) is 0 Å². The van der Waals surface area contributed by atoms with Crippen LogP contribution in [0.1, 0.15) is 6.42 Å². The molecule has 1 heterocycles. The van der Waals surface area contributed by atoms with Gasteiger partial charge in [-0.1, -0.05) is 24.3 Å². The lowest BCUT2D eigenvalue weighted by Gasteiger charge is -2.10. The van der Waals surface area contributed by atoms with Crippen molar-refractivity contribution >= 4 is 23.5 Å². The SMILES string of the molecule is OCC1SC23C=CC=CC2(C3)S1. The lowest BCUT2D eigenvalue weighted by Crippen LogP contribution is -2.10. The van der Waals surface area contributed by atoms with Crippen molar-refractivity contribution in [3.8, 4) is 0 Å². The number of thioether (sulfide) groups is 2. The van der Waals surface area contributed by atoms with Crippen LogP contribution in [0, 0.1) is 0 Å². The van der Waals surface area contributed by atoms with Crippen LogP contribution in [0.5, 0.6) is 0 Å². The van der Waals surface area contributed by atoms with Gasteiger partial charge >= 0.3 is 0 Å². The molecule has 0 aromatic rings. The van der Waals surface area contributed by atoms with Crippen LogP contribution in [0.2, 0.25) is 0 Å². The van der Waals surface area contributed by atoms with Gasteiger partial charge < -0.3 is 5.11 Å². The highest BCUT2D eigenvalue weighted by atomic mass is 32.2. The van der Waals surface area contributed by atoms with Gasteiger partial charge in [-0.2, -0.15) is 0 Å². The molecule has 12 heavy (non-hydrogen) atoms. The molecular weight excluding hydrogens is 188 g/mol. The van der Waals surface area contributed by atoms with E-state index in [0.29, 0.717) is 20.7 Å². The minimum atomic E-state index is 0.306. The maximum atomic E-state index is 9.05. The summed E-state index contributed by atoms with van der Waals surface area (Å²) in [5, 5.41) is 9.05. The summed E-state index contributed by atoms with van der Waals surface area (Å²) in [4.78, 5) is 0. The smallest absolute Gasteiger partial charge is 0.0751 e. The zero-order valence-electron chi connectivity index (χ0n) is 6.56. The molecule has 0 radical (unpaired) electrons. The van der Waals surface area contributed by atoms with Crippen molar-refractivity contribution in [2.75, 3.05) is 6.61 Å². The third-order valence-corrected chi connectivity index (χ3v) is 6.45. The fourth-order valence-electron chi connectivity index (χ4n) is 2.10. The van der Waals surface area contributed by atoms with Crippen LogP contribution >= 0.6 is 23.5 Å². The van der Waals surface area contributed by atoms with E-state index in [-0.39, 0.29) is 0 Å². The predicted molar refractivity (Wildman–Crippen MR) is 54.4 cm³/mol. The summed E-state index contributed by atoms with van der Waals surface area (Å²) in [6.07, 6.45) is 10.1. The first-order valence-corrected chi connectivity index (χ1v) is 5.90. The first-order valence-electron chi connectivity index (χ1n) is 4.14. The second-order valence-electron chi connectivity index (χ2n) is 3.52. The second kappa shape index (κ2) is 2.14. The molecule has 1 saturated heterocycles. The zero-order chi connectivity index (χ0) is 8.23. The van der Waals surface area contributed by atoms with Crippen LogP contribution in [0.15, 0.2) is 24.3 Å². The molecule has 2 unspecified atom stereocenters. The quantitative estimate of drug-likeness (QED) is 0.693. The Bertz CT molecular complexity index is 260. The van der Waals surface area contributed by atoms with E-state index in [9.17, 15) is 0 Å². The maximum Gasteiger partial charge on any atom is 0.0751 e. The van der Waals surface area contributed by atoms with Gasteiger partial charge in [-0.15, -0.1) is 23.5 Å². The van der Waals surface area contributed by atoms with E-state index in [1.807, 2.05) is 23.5 Å². The Hall–Kier alpha value is 0.140. The van der Waals surface area contributed by atoms with Crippen LogP contribution < -0.4 is 0 Å². The van der Waals surface area contributed by atoms with Gasteiger partial charge in [0.05, 0.1) is 20.7 Å². The fourth-order valence-corrected chi connectivity index (χ4v) is 6.26. The Kier molecular flexibility index (Phi) is 1.34. The number of allylic oxidation sites excluding steroid dienone is 2.